The van der Waals surface area contributed by atoms with Crippen molar-refractivity contribution >= 4 is 33.3 Å². The molecule has 0 radical (unpaired) electrons. The topological polar surface area (TPSA) is 90.0 Å². The number of rotatable bonds is 7. The summed E-state index contributed by atoms with van der Waals surface area (Å²) in [5.74, 6) is -0.847. The molecule has 27 heavy (non-hydrogen) atoms. The predicted molar refractivity (Wildman–Crippen MR) is 102 cm³/mol. The van der Waals surface area contributed by atoms with Gasteiger partial charge in [-0.3, -0.25) is 4.79 Å². The summed E-state index contributed by atoms with van der Waals surface area (Å²) >= 11 is 5.91. The molecule has 0 N–H and O–H groups in total. The molecular formula is C18H24ClNO6S. The van der Waals surface area contributed by atoms with Crippen LogP contribution in [0.4, 0.5) is 0 Å². The second-order valence-corrected chi connectivity index (χ2v) is 9.20. The monoisotopic (exact) mass is 417 g/mol. The Morgan fingerprint density at radius 1 is 1.37 bits per heavy atom. The number of carbonyl (C=O) groups excluding carboxylic acids is 2. The zero-order valence-electron chi connectivity index (χ0n) is 15.6. The van der Waals surface area contributed by atoms with E-state index in [0.29, 0.717) is 17.9 Å². The first-order chi connectivity index (χ1) is 12.7. The highest BCUT2D eigenvalue weighted by atomic mass is 35.5. The smallest absolute Gasteiger partial charge is 0.342 e. The van der Waals surface area contributed by atoms with Gasteiger partial charge in [0.05, 0.1) is 18.6 Å². The fourth-order valence-electron chi connectivity index (χ4n) is 3.12. The first-order valence-electron chi connectivity index (χ1n) is 8.70. The number of sulfone groups is 1. The number of amides is 1. The van der Waals surface area contributed by atoms with Crippen molar-refractivity contribution in [2.75, 3.05) is 25.2 Å². The van der Waals surface area contributed by atoms with Crippen LogP contribution in [0.3, 0.4) is 0 Å². The molecule has 150 valence electrons. The van der Waals surface area contributed by atoms with Crippen molar-refractivity contribution in [2.45, 2.75) is 38.8 Å². The molecule has 1 aliphatic heterocycles. The maximum Gasteiger partial charge on any atom is 0.342 e. The Bertz CT molecular complexity index is 810. The SMILES string of the molecule is CCC(C)N(C(=O)COC(=O)c1cc(Cl)ccc1OC)C1CCS(=O)(=O)C1. The molecule has 7 nitrogen and oxygen atoms in total. The Labute approximate surface area is 164 Å². The van der Waals surface area contributed by atoms with Crippen LogP contribution >= 0.6 is 11.6 Å². The van der Waals surface area contributed by atoms with E-state index >= 15 is 0 Å². The van der Waals surface area contributed by atoms with Crippen molar-refractivity contribution in [3.63, 3.8) is 0 Å². The minimum Gasteiger partial charge on any atom is -0.496 e. The minimum absolute atomic E-state index is 0.0564. The van der Waals surface area contributed by atoms with Crippen LogP contribution in [-0.2, 0) is 19.4 Å². The molecule has 2 unspecified atom stereocenters. The highest BCUT2D eigenvalue weighted by Gasteiger charge is 2.36. The third-order valence-electron chi connectivity index (χ3n) is 4.66. The molecule has 1 heterocycles. The molecule has 2 rings (SSSR count). The fraction of sp³-hybridized carbons (Fsp3) is 0.556. The lowest BCUT2D eigenvalue weighted by atomic mass is 10.1. The van der Waals surface area contributed by atoms with E-state index in [9.17, 15) is 18.0 Å². The van der Waals surface area contributed by atoms with Gasteiger partial charge in [0, 0.05) is 17.1 Å². The lowest BCUT2D eigenvalue weighted by molar-refractivity contribution is -0.138. The number of esters is 1. The van der Waals surface area contributed by atoms with Crippen molar-refractivity contribution < 1.29 is 27.5 Å². The molecule has 0 spiro atoms. The van der Waals surface area contributed by atoms with Crippen LogP contribution in [0.5, 0.6) is 5.75 Å². The number of halogens is 1. The van der Waals surface area contributed by atoms with Gasteiger partial charge in [-0.05, 0) is 38.0 Å². The molecule has 0 saturated carbocycles. The van der Waals surface area contributed by atoms with E-state index in [-0.39, 0.29) is 28.9 Å². The van der Waals surface area contributed by atoms with Crippen LogP contribution in [0.25, 0.3) is 0 Å². The van der Waals surface area contributed by atoms with Gasteiger partial charge in [-0.25, -0.2) is 13.2 Å². The van der Waals surface area contributed by atoms with E-state index in [2.05, 4.69) is 0 Å². The molecular weight excluding hydrogens is 394 g/mol. The van der Waals surface area contributed by atoms with Gasteiger partial charge >= 0.3 is 5.97 Å². The molecule has 0 aromatic heterocycles. The van der Waals surface area contributed by atoms with Gasteiger partial charge < -0.3 is 14.4 Å². The van der Waals surface area contributed by atoms with Gasteiger partial charge in [-0.15, -0.1) is 0 Å². The van der Waals surface area contributed by atoms with Gasteiger partial charge in [0.2, 0.25) is 0 Å². The third-order valence-corrected chi connectivity index (χ3v) is 6.65. The van der Waals surface area contributed by atoms with E-state index in [0.717, 1.165) is 0 Å². The van der Waals surface area contributed by atoms with E-state index in [4.69, 9.17) is 21.1 Å². The van der Waals surface area contributed by atoms with Gasteiger partial charge in [-0.1, -0.05) is 18.5 Å². The number of carbonyl (C=O) groups is 2. The van der Waals surface area contributed by atoms with Crippen molar-refractivity contribution in [2.24, 2.45) is 0 Å². The summed E-state index contributed by atoms with van der Waals surface area (Å²) in [4.78, 5) is 26.6. The Hall–Kier alpha value is -1.80. The van der Waals surface area contributed by atoms with Gasteiger partial charge in [0.25, 0.3) is 5.91 Å². The summed E-state index contributed by atoms with van der Waals surface area (Å²) in [6.07, 6.45) is 1.06. The predicted octanol–water partition coefficient (Wildman–Crippen LogP) is 2.32. The molecule has 9 heteroatoms. The zero-order valence-corrected chi connectivity index (χ0v) is 17.2. The Kier molecular flexibility index (Phi) is 7.11. The summed E-state index contributed by atoms with van der Waals surface area (Å²) < 4.78 is 33.8. The fourth-order valence-corrected chi connectivity index (χ4v) is 5.00. The Morgan fingerprint density at radius 2 is 2.07 bits per heavy atom. The Balaban J connectivity index is 2.09. The lowest BCUT2D eigenvalue weighted by Crippen LogP contribution is -2.48. The van der Waals surface area contributed by atoms with Crippen LogP contribution < -0.4 is 4.74 Å². The molecule has 1 aliphatic rings. The van der Waals surface area contributed by atoms with Crippen molar-refractivity contribution in [1.29, 1.82) is 0 Å². The number of benzene rings is 1. The molecule has 1 amide bonds. The first kappa shape index (κ1) is 21.5. The van der Waals surface area contributed by atoms with E-state index < -0.39 is 34.4 Å². The van der Waals surface area contributed by atoms with E-state index in [1.807, 2.05) is 13.8 Å². The standard InChI is InChI=1S/C18H24ClNO6S/c1-4-12(2)20(14-7-8-27(23,24)11-14)17(21)10-26-18(22)15-9-13(19)5-6-16(15)25-3/h5-6,9,12,14H,4,7-8,10-11H2,1-3H3. The van der Waals surface area contributed by atoms with Gasteiger partial charge in [-0.2, -0.15) is 0 Å². The van der Waals surface area contributed by atoms with Gasteiger partial charge in [0.1, 0.15) is 11.3 Å². The molecule has 0 bridgehead atoms. The highest BCUT2D eigenvalue weighted by molar-refractivity contribution is 7.91. The number of hydrogen-bond donors (Lipinski definition) is 0. The summed E-state index contributed by atoms with van der Waals surface area (Å²) in [6, 6.07) is 3.97. The average Bonchev–Trinajstić information content (AvgIpc) is 2.98. The average molecular weight is 418 g/mol. The lowest BCUT2D eigenvalue weighted by Gasteiger charge is -2.33. The normalized spacial score (nSPS) is 19.3. The summed E-state index contributed by atoms with van der Waals surface area (Å²) in [6.45, 7) is 3.29. The van der Waals surface area contributed by atoms with E-state index in [1.54, 1.807) is 6.07 Å². The third kappa shape index (κ3) is 5.35. The zero-order chi connectivity index (χ0) is 20.2. The molecule has 1 aromatic rings. The van der Waals surface area contributed by atoms with Gasteiger partial charge in [0.15, 0.2) is 16.4 Å². The molecule has 1 fully saturated rings. The number of ether oxygens (including phenoxy) is 2. The van der Waals surface area contributed by atoms with Crippen LogP contribution in [0, 0.1) is 0 Å². The maximum atomic E-state index is 12.7. The van der Waals surface area contributed by atoms with E-state index in [1.165, 1.54) is 24.1 Å². The summed E-state index contributed by atoms with van der Waals surface area (Å²) in [5, 5.41) is 0.339. The summed E-state index contributed by atoms with van der Waals surface area (Å²) in [7, 11) is -1.72. The largest absolute Gasteiger partial charge is 0.496 e. The number of hydrogen-bond acceptors (Lipinski definition) is 6. The number of nitrogens with zero attached hydrogens (tertiary/aromatic N) is 1. The van der Waals surface area contributed by atoms with Crippen LogP contribution in [0.15, 0.2) is 18.2 Å². The maximum absolute atomic E-state index is 12.7. The second-order valence-electron chi connectivity index (χ2n) is 6.54. The van der Waals surface area contributed by atoms with Crippen molar-refractivity contribution in [3.05, 3.63) is 28.8 Å². The molecule has 2 atom stereocenters. The van der Waals surface area contributed by atoms with Crippen LogP contribution in [0.2, 0.25) is 5.02 Å². The van der Waals surface area contributed by atoms with Crippen molar-refractivity contribution in [3.8, 4) is 5.75 Å². The highest BCUT2D eigenvalue weighted by Crippen LogP contribution is 2.24. The molecule has 0 aliphatic carbocycles. The molecule has 1 saturated heterocycles. The van der Waals surface area contributed by atoms with Crippen LogP contribution in [0.1, 0.15) is 37.0 Å². The molecule has 1 aromatic carbocycles. The Morgan fingerprint density at radius 3 is 2.63 bits per heavy atom. The minimum atomic E-state index is -3.14. The second kappa shape index (κ2) is 8.93. The number of methoxy groups -OCH3 is 1. The quantitative estimate of drug-likeness (QED) is 0.632. The first-order valence-corrected chi connectivity index (χ1v) is 10.9. The summed E-state index contributed by atoms with van der Waals surface area (Å²) in [5.41, 5.74) is 0.122. The van der Waals surface area contributed by atoms with Crippen molar-refractivity contribution in [1.82, 2.24) is 4.90 Å². The van der Waals surface area contributed by atoms with Crippen LogP contribution in [-0.4, -0.2) is 62.5 Å².